The van der Waals surface area contributed by atoms with Crippen LogP contribution in [0.5, 0.6) is 5.75 Å². The van der Waals surface area contributed by atoms with Gasteiger partial charge in [-0.05, 0) is 40.2 Å². The molecular weight excluding hydrogens is 336 g/mol. The average molecular weight is 347 g/mol. The fourth-order valence-electron chi connectivity index (χ4n) is 1.60. The molecule has 21 heavy (non-hydrogen) atoms. The molecule has 106 valence electrons. The molecule has 0 fully saturated rings. The summed E-state index contributed by atoms with van der Waals surface area (Å²) < 4.78 is 10.8. The van der Waals surface area contributed by atoms with Crippen molar-refractivity contribution in [2.45, 2.75) is 0 Å². The fraction of sp³-hybridized carbons (Fsp3) is 0.0667. The van der Waals surface area contributed by atoms with Gasteiger partial charge >= 0.3 is 0 Å². The Morgan fingerprint density at radius 2 is 2.24 bits per heavy atom. The van der Waals surface area contributed by atoms with E-state index >= 15 is 0 Å². The van der Waals surface area contributed by atoms with Gasteiger partial charge in [-0.1, -0.05) is 6.07 Å². The molecule has 0 aliphatic rings. The van der Waals surface area contributed by atoms with Gasteiger partial charge in [0.2, 0.25) is 0 Å². The zero-order valence-electron chi connectivity index (χ0n) is 11.1. The molecule has 0 saturated heterocycles. The van der Waals surface area contributed by atoms with Gasteiger partial charge in [-0.15, -0.1) is 0 Å². The lowest BCUT2D eigenvalue weighted by Crippen LogP contribution is -2.13. The lowest BCUT2D eigenvalue weighted by molar-refractivity contribution is -0.112. The number of benzene rings is 1. The second kappa shape index (κ2) is 6.77. The minimum absolute atomic E-state index is 0.0559. The van der Waals surface area contributed by atoms with Crippen molar-refractivity contribution in [3.63, 3.8) is 0 Å². The molecule has 0 aliphatic heterocycles. The van der Waals surface area contributed by atoms with Gasteiger partial charge in [0.1, 0.15) is 23.2 Å². The normalized spacial score (nSPS) is 10.8. The summed E-state index contributed by atoms with van der Waals surface area (Å²) in [6.07, 6.45) is 1.38. The molecule has 0 unspecified atom stereocenters. The van der Waals surface area contributed by atoms with Gasteiger partial charge in [-0.2, -0.15) is 5.26 Å². The van der Waals surface area contributed by atoms with Crippen molar-refractivity contribution in [1.82, 2.24) is 0 Å². The van der Waals surface area contributed by atoms with Crippen molar-refractivity contribution >= 4 is 33.6 Å². The Labute approximate surface area is 130 Å². The standard InChI is InChI=1S/C15H11BrN2O3/c1-20-12-4-2-3-11(8-12)18-15(19)10(9-17)7-13-5-6-14(16)21-13/h2-8H,1H3,(H,18,19). The highest BCUT2D eigenvalue weighted by Crippen LogP contribution is 2.19. The van der Waals surface area contributed by atoms with Crippen molar-refractivity contribution in [1.29, 1.82) is 5.26 Å². The van der Waals surface area contributed by atoms with Crippen molar-refractivity contribution in [3.8, 4) is 11.8 Å². The molecule has 0 radical (unpaired) electrons. The number of hydrogen-bond donors (Lipinski definition) is 1. The third-order valence-electron chi connectivity index (χ3n) is 2.57. The summed E-state index contributed by atoms with van der Waals surface area (Å²) in [7, 11) is 1.54. The Morgan fingerprint density at radius 1 is 1.43 bits per heavy atom. The number of nitrogens with one attached hydrogen (secondary N) is 1. The minimum Gasteiger partial charge on any atom is -0.497 e. The van der Waals surface area contributed by atoms with Crippen LogP contribution in [0.2, 0.25) is 0 Å². The Morgan fingerprint density at radius 3 is 2.86 bits per heavy atom. The summed E-state index contributed by atoms with van der Waals surface area (Å²) in [6.45, 7) is 0. The first-order valence-corrected chi connectivity index (χ1v) is 6.74. The quantitative estimate of drug-likeness (QED) is 0.677. The average Bonchev–Trinajstić information content (AvgIpc) is 2.90. The van der Waals surface area contributed by atoms with Gasteiger partial charge in [0.15, 0.2) is 4.67 Å². The Bertz CT molecular complexity index is 729. The summed E-state index contributed by atoms with van der Waals surface area (Å²) in [5.41, 5.74) is 0.487. The molecule has 1 N–H and O–H groups in total. The highest BCUT2D eigenvalue weighted by molar-refractivity contribution is 9.10. The van der Waals surface area contributed by atoms with Gasteiger partial charge in [-0.3, -0.25) is 4.79 Å². The zero-order chi connectivity index (χ0) is 15.2. The largest absolute Gasteiger partial charge is 0.497 e. The van der Waals surface area contributed by atoms with E-state index in [1.807, 2.05) is 6.07 Å². The van der Waals surface area contributed by atoms with Crippen LogP contribution < -0.4 is 10.1 Å². The van der Waals surface area contributed by atoms with Crippen molar-refractivity contribution < 1.29 is 13.9 Å². The molecule has 2 aromatic rings. The second-order valence-corrected chi connectivity index (χ2v) is 4.78. The summed E-state index contributed by atoms with van der Waals surface area (Å²) in [5, 5.41) is 11.7. The topological polar surface area (TPSA) is 75.3 Å². The van der Waals surface area contributed by atoms with E-state index in [2.05, 4.69) is 21.2 Å². The van der Waals surface area contributed by atoms with Crippen molar-refractivity contribution in [2.75, 3.05) is 12.4 Å². The summed E-state index contributed by atoms with van der Waals surface area (Å²) in [5.74, 6) is 0.516. The van der Waals surface area contributed by atoms with Crippen LogP contribution in [0.15, 0.2) is 51.1 Å². The summed E-state index contributed by atoms with van der Waals surface area (Å²) in [6, 6.07) is 12.1. The number of anilines is 1. The molecule has 6 heteroatoms. The molecule has 0 saturated carbocycles. The molecule has 1 aromatic carbocycles. The molecule has 0 aliphatic carbocycles. The number of furan rings is 1. The SMILES string of the molecule is COc1cccc(NC(=O)C(C#N)=Cc2ccc(Br)o2)c1. The maximum absolute atomic E-state index is 12.1. The highest BCUT2D eigenvalue weighted by atomic mass is 79.9. The van der Waals surface area contributed by atoms with E-state index in [1.54, 1.807) is 36.4 Å². The second-order valence-electron chi connectivity index (χ2n) is 4.00. The predicted octanol–water partition coefficient (Wildman–Crippen LogP) is 3.60. The molecular formula is C15H11BrN2O3. The Kier molecular flexibility index (Phi) is 4.80. The van der Waals surface area contributed by atoms with Crippen LogP contribution in [0.25, 0.3) is 6.08 Å². The fourth-order valence-corrected chi connectivity index (χ4v) is 1.92. The van der Waals surface area contributed by atoms with Crippen molar-refractivity contribution in [2.24, 2.45) is 0 Å². The molecule has 0 atom stereocenters. The summed E-state index contributed by atoms with van der Waals surface area (Å²) >= 11 is 3.16. The lowest BCUT2D eigenvalue weighted by atomic mass is 10.2. The van der Waals surface area contributed by atoms with Crippen LogP contribution >= 0.6 is 15.9 Å². The van der Waals surface area contributed by atoms with Crippen LogP contribution in [0.3, 0.4) is 0 Å². The van der Waals surface area contributed by atoms with Crippen LogP contribution in [-0.4, -0.2) is 13.0 Å². The van der Waals surface area contributed by atoms with E-state index < -0.39 is 5.91 Å². The zero-order valence-corrected chi connectivity index (χ0v) is 12.7. The maximum atomic E-state index is 12.1. The Hall–Kier alpha value is -2.52. The van der Waals surface area contributed by atoms with E-state index in [0.717, 1.165) is 0 Å². The van der Waals surface area contributed by atoms with Gasteiger partial charge in [0, 0.05) is 17.8 Å². The van der Waals surface area contributed by atoms with Crippen LogP contribution in [0.4, 0.5) is 5.69 Å². The van der Waals surface area contributed by atoms with E-state index in [4.69, 9.17) is 14.4 Å². The number of methoxy groups -OCH3 is 1. The number of halogens is 1. The molecule has 1 aromatic heterocycles. The number of nitriles is 1. The molecule has 0 spiro atoms. The maximum Gasteiger partial charge on any atom is 0.266 e. The first kappa shape index (κ1) is 14.9. The molecule has 1 amide bonds. The number of ether oxygens (including phenoxy) is 1. The first-order chi connectivity index (χ1) is 10.1. The smallest absolute Gasteiger partial charge is 0.266 e. The van der Waals surface area contributed by atoms with Crippen LogP contribution in [0.1, 0.15) is 5.76 Å². The summed E-state index contributed by atoms with van der Waals surface area (Å²) in [4.78, 5) is 12.1. The third kappa shape index (κ3) is 3.97. The van der Waals surface area contributed by atoms with Crippen LogP contribution in [-0.2, 0) is 4.79 Å². The molecule has 1 heterocycles. The highest BCUT2D eigenvalue weighted by Gasteiger charge is 2.11. The van der Waals surface area contributed by atoms with Gasteiger partial charge in [0.05, 0.1) is 7.11 Å². The molecule has 0 bridgehead atoms. The third-order valence-corrected chi connectivity index (χ3v) is 3.00. The molecule has 5 nitrogen and oxygen atoms in total. The Balaban J connectivity index is 2.17. The predicted molar refractivity (Wildman–Crippen MR) is 81.6 cm³/mol. The van der Waals surface area contributed by atoms with Gasteiger partial charge in [0.25, 0.3) is 5.91 Å². The van der Waals surface area contributed by atoms with Gasteiger partial charge < -0.3 is 14.5 Å². The first-order valence-electron chi connectivity index (χ1n) is 5.95. The number of nitrogens with zero attached hydrogens (tertiary/aromatic N) is 1. The number of amides is 1. The number of rotatable bonds is 4. The monoisotopic (exact) mass is 346 g/mol. The lowest BCUT2D eigenvalue weighted by Gasteiger charge is -2.06. The van der Waals surface area contributed by atoms with Crippen LogP contribution in [0, 0.1) is 11.3 Å². The van der Waals surface area contributed by atoms with E-state index in [-0.39, 0.29) is 5.57 Å². The van der Waals surface area contributed by atoms with E-state index in [1.165, 1.54) is 13.2 Å². The van der Waals surface area contributed by atoms with E-state index in [9.17, 15) is 4.79 Å². The number of hydrogen-bond acceptors (Lipinski definition) is 4. The number of carbonyl (C=O) groups is 1. The minimum atomic E-state index is -0.515. The number of carbonyl (C=O) groups excluding carboxylic acids is 1. The van der Waals surface area contributed by atoms with E-state index in [0.29, 0.717) is 21.9 Å². The molecule has 2 rings (SSSR count). The van der Waals surface area contributed by atoms with Gasteiger partial charge in [-0.25, -0.2) is 0 Å². The van der Waals surface area contributed by atoms with Crippen molar-refractivity contribution in [3.05, 3.63) is 52.4 Å².